The van der Waals surface area contributed by atoms with Crippen molar-refractivity contribution < 1.29 is 9.53 Å². The second-order valence-electron chi connectivity index (χ2n) is 6.84. The molecule has 106 valence electrons. The van der Waals surface area contributed by atoms with E-state index in [2.05, 4.69) is 20.8 Å². The number of carbonyl (C=O) groups excluding carboxylic acids is 1. The van der Waals surface area contributed by atoms with Crippen LogP contribution in [0.3, 0.4) is 0 Å². The Labute approximate surface area is 111 Å². The minimum atomic E-state index is -0.341. The first kappa shape index (κ1) is 15.5. The Morgan fingerprint density at radius 1 is 1.33 bits per heavy atom. The third kappa shape index (κ3) is 4.60. The molecule has 0 bridgehead atoms. The molecule has 0 heterocycles. The molecule has 0 spiro atoms. The fourth-order valence-corrected chi connectivity index (χ4v) is 2.97. The van der Waals surface area contributed by atoms with Crippen molar-refractivity contribution in [3.05, 3.63) is 0 Å². The summed E-state index contributed by atoms with van der Waals surface area (Å²) in [5, 5.41) is 0. The van der Waals surface area contributed by atoms with E-state index in [0.717, 1.165) is 25.7 Å². The Hall–Kier alpha value is -0.570. The molecule has 18 heavy (non-hydrogen) atoms. The van der Waals surface area contributed by atoms with Crippen LogP contribution in [0, 0.1) is 11.3 Å². The van der Waals surface area contributed by atoms with Gasteiger partial charge in [-0.15, -0.1) is 0 Å². The fourth-order valence-electron chi connectivity index (χ4n) is 2.97. The van der Waals surface area contributed by atoms with Crippen molar-refractivity contribution in [3.8, 4) is 0 Å². The molecule has 1 aliphatic carbocycles. The Morgan fingerprint density at radius 2 is 2.00 bits per heavy atom. The van der Waals surface area contributed by atoms with Crippen molar-refractivity contribution >= 4 is 5.97 Å². The molecular formula is C15H29NO2. The third-order valence-corrected chi connectivity index (χ3v) is 4.24. The van der Waals surface area contributed by atoms with Gasteiger partial charge in [0.25, 0.3) is 0 Å². The van der Waals surface area contributed by atoms with Crippen LogP contribution in [0.4, 0.5) is 0 Å². The standard InChI is InChI=1S/C15H29NO2/c1-5-18-13(17)11-15(16)9-6-7-12(8-10-15)14(2,3)4/h12H,5-11,16H2,1-4H3. The van der Waals surface area contributed by atoms with Gasteiger partial charge in [-0.1, -0.05) is 27.2 Å². The Balaban J connectivity index is 2.57. The lowest BCUT2D eigenvalue weighted by atomic mass is 9.76. The third-order valence-electron chi connectivity index (χ3n) is 4.24. The number of rotatable bonds is 3. The van der Waals surface area contributed by atoms with E-state index in [0.29, 0.717) is 24.4 Å². The first-order chi connectivity index (χ1) is 8.27. The molecule has 0 aromatic carbocycles. The van der Waals surface area contributed by atoms with E-state index in [1.54, 1.807) is 0 Å². The van der Waals surface area contributed by atoms with E-state index in [1.807, 2.05) is 6.92 Å². The van der Waals surface area contributed by atoms with Crippen molar-refractivity contribution in [2.24, 2.45) is 17.1 Å². The van der Waals surface area contributed by atoms with Crippen molar-refractivity contribution in [2.75, 3.05) is 6.61 Å². The molecule has 0 amide bonds. The van der Waals surface area contributed by atoms with Crippen molar-refractivity contribution in [2.45, 2.75) is 71.8 Å². The molecule has 0 aromatic heterocycles. The van der Waals surface area contributed by atoms with Crippen LogP contribution in [0.25, 0.3) is 0 Å². The number of hydrogen-bond donors (Lipinski definition) is 1. The minimum absolute atomic E-state index is 0.144. The predicted molar refractivity (Wildman–Crippen MR) is 74.2 cm³/mol. The normalized spacial score (nSPS) is 29.7. The van der Waals surface area contributed by atoms with Gasteiger partial charge in [-0.25, -0.2) is 0 Å². The molecule has 2 unspecified atom stereocenters. The zero-order valence-corrected chi connectivity index (χ0v) is 12.4. The summed E-state index contributed by atoms with van der Waals surface area (Å²) >= 11 is 0. The molecule has 0 aliphatic heterocycles. The summed E-state index contributed by atoms with van der Waals surface area (Å²) in [5.41, 5.74) is 6.40. The van der Waals surface area contributed by atoms with Crippen LogP contribution in [-0.4, -0.2) is 18.1 Å². The van der Waals surface area contributed by atoms with Gasteiger partial charge in [-0.05, 0) is 43.9 Å². The molecule has 3 heteroatoms. The highest BCUT2D eigenvalue weighted by atomic mass is 16.5. The molecule has 0 saturated heterocycles. The Bertz CT molecular complexity index is 283. The second-order valence-corrected chi connectivity index (χ2v) is 6.84. The molecule has 1 rings (SSSR count). The van der Waals surface area contributed by atoms with Crippen LogP contribution in [0.15, 0.2) is 0 Å². The quantitative estimate of drug-likeness (QED) is 0.622. The van der Waals surface area contributed by atoms with Gasteiger partial charge in [-0.3, -0.25) is 4.79 Å². The summed E-state index contributed by atoms with van der Waals surface area (Å²) in [6.07, 6.45) is 5.73. The van der Waals surface area contributed by atoms with Gasteiger partial charge in [0.2, 0.25) is 0 Å². The van der Waals surface area contributed by atoms with Crippen molar-refractivity contribution in [3.63, 3.8) is 0 Å². The summed E-state index contributed by atoms with van der Waals surface area (Å²) in [7, 11) is 0. The SMILES string of the molecule is CCOC(=O)CC1(N)CCCC(C(C)(C)C)CC1. The first-order valence-corrected chi connectivity index (χ1v) is 7.21. The molecule has 2 N–H and O–H groups in total. The number of nitrogens with two attached hydrogens (primary N) is 1. The maximum atomic E-state index is 11.6. The van der Waals surface area contributed by atoms with E-state index >= 15 is 0 Å². The van der Waals surface area contributed by atoms with Crippen LogP contribution in [-0.2, 0) is 9.53 Å². The van der Waals surface area contributed by atoms with Gasteiger partial charge in [-0.2, -0.15) is 0 Å². The average Bonchev–Trinajstić information content (AvgIpc) is 2.39. The topological polar surface area (TPSA) is 52.3 Å². The van der Waals surface area contributed by atoms with E-state index in [1.165, 1.54) is 6.42 Å². The smallest absolute Gasteiger partial charge is 0.307 e. The second kappa shape index (κ2) is 6.05. The van der Waals surface area contributed by atoms with Crippen LogP contribution in [0.1, 0.15) is 66.2 Å². The van der Waals surface area contributed by atoms with Gasteiger partial charge in [0.15, 0.2) is 0 Å². The molecule has 0 aromatic rings. The predicted octanol–water partition coefficient (Wildman–Crippen LogP) is 3.26. The summed E-state index contributed by atoms with van der Waals surface area (Å²) in [4.78, 5) is 11.6. The zero-order valence-electron chi connectivity index (χ0n) is 12.4. The van der Waals surface area contributed by atoms with E-state index in [9.17, 15) is 4.79 Å². The zero-order chi connectivity index (χ0) is 13.8. The van der Waals surface area contributed by atoms with Crippen LogP contribution >= 0.6 is 0 Å². The van der Waals surface area contributed by atoms with Gasteiger partial charge in [0.1, 0.15) is 0 Å². The molecule has 1 aliphatic rings. The number of ether oxygens (including phenoxy) is 1. The highest BCUT2D eigenvalue weighted by Gasteiger charge is 2.35. The summed E-state index contributed by atoms with van der Waals surface area (Å²) in [6, 6.07) is 0. The number of esters is 1. The maximum absolute atomic E-state index is 11.6. The van der Waals surface area contributed by atoms with Gasteiger partial charge >= 0.3 is 5.97 Å². The highest BCUT2D eigenvalue weighted by molar-refractivity contribution is 5.70. The lowest BCUT2D eigenvalue weighted by molar-refractivity contribution is -0.144. The summed E-state index contributed by atoms with van der Waals surface area (Å²) < 4.78 is 5.03. The van der Waals surface area contributed by atoms with Crippen LogP contribution in [0.5, 0.6) is 0 Å². The van der Waals surface area contributed by atoms with E-state index in [4.69, 9.17) is 10.5 Å². The van der Waals surface area contributed by atoms with Gasteiger partial charge < -0.3 is 10.5 Å². The Morgan fingerprint density at radius 3 is 2.56 bits per heavy atom. The molecule has 2 atom stereocenters. The fraction of sp³-hybridized carbons (Fsp3) is 0.933. The number of carbonyl (C=O) groups is 1. The molecule has 1 fully saturated rings. The maximum Gasteiger partial charge on any atom is 0.307 e. The highest BCUT2D eigenvalue weighted by Crippen LogP contribution is 2.39. The van der Waals surface area contributed by atoms with E-state index < -0.39 is 0 Å². The largest absolute Gasteiger partial charge is 0.466 e. The summed E-state index contributed by atoms with van der Waals surface area (Å²) in [6.45, 7) is 9.18. The Kier molecular flexibility index (Phi) is 5.20. The minimum Gasteiger partial charge on any atom is -0.466 e. The van der Waals surface area contributed by atoms with E-state index in [-0.39, 0.29) is 11.5 Å². The summed E-state index contributed by atoms with van der Waals surface area (Å²) in [5.74, 6) is 0.569. The lowest BCUT2D eigenvalue weighted by Crippen LogP contribution is -2.42. The lowest BCUT2D eigenvalue weighted by Gasteiger charge is -2.31. The number of hydrogen-bond acceptors (Lipinski definition) is 3. The van der Waals surface area contributed by atoms with Crippen molar-refractivity contribution in [1.82, 2.24) is 0 Å². The van der Waals surface area contributed by atoms with Gasteiger partial charge in [0.05, 0.1) is 13.0 Å². The molecule has 0 radical (unpaired) electrons. The van der Waals surface area contributed by atoms with Gasteiger partial charge in [0, 0.05) is 5.54 Å². The average molecular weight is 255 g/mol. The van der Waals surface area contributed by atoms with Crippen LogP contribution < -0.4 is 5.73 Å². The van der Waals surface area contributed by atoms with Crippen molar-refractivity contribution in [1.29, 1.82) is 0 Å². The molecule has 1 saturated carbocycles. The molecule has 3 nitrogen and oxygen atoms in total. The molecular weight excluding hydrogens is 226 g/mol. The first-order valence-electron chi connectivity index (χ1n) is 7.21. The van der Waals surface area contributed by atoms with Crippen LogP contribution in [0.2, 0.25) is 0 Å². The monoisotopic (exact) mass is 255 g/mol.